The number of esters is 1. The minimum absolute atomic E-state index is 0.0427. The molecule has 2 aromatic carbocycles. The van der Waals surface area contributed by atoms with Crippen molar-refractivity contribution >= 4 is 58.0 Å². The van der Waals surface area contributed by atoms with Crippen LogP contribution in [0.3, 0.4) is 0 Å². The molecule has 0 saturated carbocycles. The van der Waals surface area contributed by atoms with E-state index in [0.29, 0.717) is 24.8 Å². The van der Waals surface area contributed by atoms with E-state index in [-0.39, 0.29) is 23.6 Å². The number of fused-ring (bicyclic) bond motifs is 1. The van der Waals surface area contributed by atoms with Crippen molar-refractivity contribution < 1.29 is 9.53 Å². The van der Waals surface area contributed by atoms with E-state index in [1.165, 1.54) is 4.57 Å². The lowest BCUT2D eigenvalue weighted by atomic mass is 9.84. The smallest absolute Gasteiger partial charge is 0.338 e. The Hall–Kier alpha value is -3.31. The van der Waals surface area contributed by atoms with E-state index >= 15 is 0 Å². The minimum Gasteiger partial charge on any atom is -0.463 e. The lowest BCUT2D eigenvalue weighted by Crippen LogP contribution is -2.40. The van der Waals surface area contributed by atoms with Crippen molar-refractivity contribution in [2.24, 2.45) is 5.73 Å². The van der Waals surface area contributed by atoms with E-state index in [2.05, 4.69) is 6.07 Å². The molecular weight excluding hydrogens is 481 g/mol. The van der Waals surface area contributed by atoms with Crippen LogP contribution in [0.5, 0.6) is 0 Å². The molecule has 1 aromatic heterocycles. The first kappa shape index (κ1) is 22.9. The van der Waals surface area contributed by atoms with E-state index in [9.17, 15) is 14.9 Å². The van der Waals surface area contributed by atoms with Gasteiger partial charge in [0, 0.05) is 10.0 Å². The van der Waals surface area contributed by atoms with Crippen LogP contribution < -0.4 is 20.5 Å². The molecule has 4 rings (SSSR count). The summed E-state index contributed by atoms with van der Waals surface area (Å²) in [5.41, 5.74) is 7.64. The zero-order valence-electron chi connectivity index (χ0n) is 17.3. The maximum atomic E-state index is 13.3. The van der Waals surface area contributed by atoms with Gasteiger partial charge in [0.15, 0.2) is 0 Å². The fourth-order valence-corrected chi connectivity index (χ4v) is 5.04. The molecule has 1 aliphatic rings. The third-order valence-corrected chi connectivity index (χ3v) is 6.75. The van der Waals surface area contributed by atoms with Gasteiger partial charge in [-0.05, 0) is 48.4 Å². The second kappa shape index (κ2) is 9.28. The average Bonchev–Trinajstić information content (AvgIpc) is 3.12. The van der Waals surface area contributed by atoms with Crippen LogP contribution in [0.1, 0.15) is 24.0 Å². The van der Waals surface area contributed by atoms with Crippen LogP contribution in [-0.2, 0) is 9.53 Å². The Labute approximate surface area is 203 Å². The highest BCUT2D eigenvalue weighted by atomic mass is 35.5. The quantitative estimate of drug-likeness (QED) is 0.558. The number of halogens is 2. The Morgan fingerprint density at radius 1 is 1.18 bits per heavy atom. The molecule has 1 unspecified atom stereocenters. The van der Waals surface area contributed by atoms with Gasteiger partial charge in [-0.1, -0.05) is 47.5 Å². The second-order valence-electron chi connectivity index (χ2n) is 7.14. The van der Waals surface area contributed by atoms with Crippen molar-refractivity contribution in [2.45, 2.75) is 12.8 Å². The summed E-state index contributed by atoms with van der Waals surface area (Å²) in [5.74, 6) is -1.54. The molecule has 33 heavy (non-hydrogen) atoms. The van der Waals surface area contributed by atoms with Crippen molar-refractivity contribution in [3.05, 3.63) is 94.8 Å². The molecule has 0 aliphatic carbocycles. The Morgan fingerprint density at radius 3 is 2.36 bits per heavy atom. The maximum absolute atomic E-state index is 13.3. The number of aromatic nitrogens is 1. The standard InChI is InChI=1S/C24H17Cl2N3O3S/c1-2-32-24(31)20-19(14-5-9-16(26)10-6-14)17(12-27)23-29(21(20)28)22(30)18(33-23)11-13-3-7-15(25)8-4-13/h3-11,19H,2,28H2,1H3/b18-11-. The number of thiazole rings is 1. The zero-order chi connectivity index (χ0) is 23.7. The van der Waals surface area contributed by atoms with Gasteiger partial charge in [0.2, 0.25) is 0 Å². The number of nitriles is 1. The molecule has 2 heterocycles. The van der Waals surface area contributed by atoms with Gasteiger partial charge in [-0.25, -0.2) is 4.79 Å². The van der Waals surface area contributed by atoms with Gasteiger partial charge in [0.05, 0.1) is 34.3 Å². The topological polar surface area (TPSA) is 98.1 Å². The van der Waals surface area contributed by atoms with Crippen LogP contribution in [0, 0.1) is 11.3 Å². The van der Waals surface area contributed by atoms with Crippen molar-refractivity contribution in [2.75, 3.05) is 6.61 Å². The first-order valence-corrected chi connectivity index (χ1v) is 11.5. The van der Waals surface area contributed by atoms with Crippen LogP contribution in [-0.4, -0.2) is 17.1 Å². The Bertz CT molecular complexity index is 1490. The van der Waals surface area contributed by atoms with Gasteiger partial charge in [-0.3, -0.25) is 9.36 Å². The summed E-state index contributed by atoms with van der Waals surface area (Å²) in [4.78, 5) is 26.2. The molecule has 6 nitrogen and oxygen atoms in total. The van der Waals surface area contributed by atoms with Crippen molar-refractivity contribution in [3.63, 3.8) is 0 Å². The SMILES string of the molecule is CCOC(=O)C1=C(N)n2c(s/c(=C\c3ccc(Cl)cc3)c2=O)=C(C#N)C1c1ccc(Cl)cc1. The number of ether oxygens (including phenoxy) is 1. The van der Waals surface area contributed by atoms with E-state index in [4.69, 9.17) is 33.7 Å². The minimum atomic E-state index is -0.798. The molecule has 0 fully saturated rings. The normalized spacial score (nSPS) is 15.9. The van der Waals surface area contributed by atoms with Gasteiger partial charge in [0.25, 0.3) is 5.56 Å². The number of hydrogen-bond donors (Lipinski definition) is 1. The molecular formula is C24H17Cl2N3O3S. The monoisotopic (exact) mass is 497 g/mol. The Kier molecular flexibility index (Phi) is 6.43. The largest absolute Gasteiger partial charge is 0.463 e. The first-order valence-electron chi connectivity index (χ1n) is 9.91. The van der Waals surface area contributed by atoms with Crippen LogP contribution in [0.15, 0.2) is 58.9 Å². The molecule has 0 saturated heterocycles. The number of nitrogens with zero attached hydrogens (tertiary/aromatic N) is 2. The third-order valence-electron chi connectivity index (χ3n) is 5.14. The predicted molar refractivity (Wildman–Crippen MR) is 130 cm³/mol. The predicted octanol–water partition coefficient (Wildman–Crippen LogP) is 3.21. The van der Waals surface area contributed by atoms with E-state index in [1.807, 2.05) is 0 Å². The summed E-state index contributed by atoms with van der Waals surface area (Å²) in [6.07, 6.45) is 1.69. The highest BCUT2D eigenvalue weighted by Crippen LogP contribution is 2.37. The molecule has 0 spiro atoms. The first-order chi connectivity index (χ1) is 15.8. The lowest BCUT2D eigenvalue weighted by molar-refractivity contribution is -0.138. The van der Waals surface area contributed by atoms with Crippen LogP contribution in [0.25, 0.3) is 17.5 Å². The molecule has 0 radical (unpaired) electrons. The summed E-state index contributed by atoms with van der Waals surface area (Å²) in [5, 5.41) is 11.2. The fraction of sp³-hybridized carbons (Fsp3) is 0.125. The Morgan fingerprint density at radius 2 is 1.79 bits per heavy atom. The molecule has 1 atom stereocenters. The molecule has 0 amide bonds. The fourth-order valence-electron chi connectivity index (χ4n) is 3.66. The molecule has 1 aliphatic heterocycles. The van der Waals surface area contributed by atoms with Gasteiger partial charge in [0.1, 0.15) is 10.5 Å². The number of carbonyl (C=O) groups is 1. The van der Waals surface area contributed by atoms with Crippen molar-refractivity contribution in [1.29, 1.82) is 5.26 Å². The molecule has 166 valence electrons. The molecule has 2 N–H and O–H groups in total. The van der Waals surface area contributed by atoms with E-state index in [1.54, 1.807) is 61.5 Å². The van der Waals surface area contributed by atoms with E-state index in [0.717, 1.165) is 16.9 Å². The van der Waals surface area contributed by atoms with Gasteiger partial charge >= 0.3 is 5.97 Å². The second-order valence-corrected chi connectivity index (χ2v) is 9.04. The van der Waals surface area contributed by atoms with Gasteiger partial charge in [-0.15, -0.1) is 11.3 Å². The zero-order valence-corrected chi connectivity index (χ0v) is 19.7. The highest BCUT2D eigenvalue weighted by Gasteiger charge is 2.36. The van der Waals surface area contributed by atoms with Crippen LogP contribution in [0.4, 0.5) is 0 Å². The van der Waals surface area contributed by atoms with Crippen molar-refractivity contribution in [1.82, 2.24) is 4.57 Å². The number of rotatable bonds is 4. The molecule has 3 aromatic rings. The summed E-state index contributed by atoms with van der Waals surface area (Å²) in [6, 6.07) is 16.0. The maximum Gasteiger partial charge on any atom is 0.338 e. The lowest BCUT2D eigenvalue weighted by Gasteiger charge is -2.25. The Balaban J connectivity index is 2.05. The molecule has 9 heteroatoms. The summed E-state index contributed by atoms with van der Waals surface area (Å²) >= 11 is 13.1. The number of nitrogens with two attached hydrogens (primary N) is 1. The number of hydrogen-bond acceptors (Lipinski definition) is 6. The summed E-state index contributed by atoms with van der Waals surface area (Å²) in [7, 11) is 0. The van der Waals surface area contributed by atoms with Gasteiger partial charge in [-0.2, -0.15) is 5.26 Å². The number of carbonyl (C=O) groups excluding carboxylic acids is 1. The number of benzene rings is 2. The average molecular weight is 498 g/mol. The van der Waals surface area contributed by atoms with Crippen LogP contribution >= 0.6 is 34.5 Å². The highest BCUT2D eigenvalue weighted by molar-refractivity contribution is 7.07. The molecule has 0 bridgehead atoms. The third kappa shape index (κ3) is 4.21. The van der Waals surface area contributed by atoms with E-state index < -0.39 is 17.4 Å². The van der Waals surface area contributed by atoms with Crippen molar-refractivity contribution in [3.8, 4) is 6.07 Å². The van der Waals surface area contributed by atoms with Gasteiger partial charge < -0.3 is 10.5 Å². The summed E-state index contributed by atoms with van der Waals surface area (Å²) in [6.45, 7) is 1.79. The van der Waals surface area contributed by atoms with Crippen LogP contribution in [0.2, 0.25) is 10.0 Å². The summed E-state index contributed by atoms with van der Waals surface area (Å²) < 4.78 is 7.18.